The Kier molecular flexibility index (Phi) is 4.17. The average Bonchev–Trinajstić information content (AvgIpc) is 3.18. The number of hydrogen-bond acceptors (Lipinski definition) is 4. The van der Waals surface area contributed by atoms with E-state index in [4.69, 9.17) is 10.9 Å². The van der Waals surface area contributed by atoms with Crippen molar-refractivity contribution < 1.29 is 8.91 Å². The SMILES string of the molecule is C#CCc1cnn(Cc2ccc(-c3noc(C(C)(C)F)n3)cc2)c1. The Morgan fingerprint density at radius 2 is 2.00 bits per heavy atom. The number of halogens is 1. The molecule has 0 saturated heterocycles. The molecular weight excluding hydrogens is 307 g/mol. The third kappa shape index (κ3) is 3.51. The standard InChI is InChI=1S/C18H17FN4O/c1-4-5-14-10-20-23(12-14)11-13-6-8-15(9-7-13)16-21-17(24-22-16)18(2,3)19/h1,6-10,12H,5,11H2,2-3H3. The van der Waals surface area contributed by atoms with Gasteiger partial charge in [-0.15, -0.1) is 12.3 Å². The van der Waals surface area contributed by atoms with Crippen molar-refractivity contribution in [1.29, 1.82) is 0 Å². The van der Waals surface area contributed by atoms with Gasteiger partial charge in [0.05, 0.1) is 12.7 Å². The maximum absolute atomic E-state index is 13.8. The highest BCUT2D eigenvalue weighted by Gasteiger charge is 2.26. The van der Waals surface area contributed by atoms with Crippen LogP contribution >= 0.6 is 0 Å². The lowest BCUT2D eigenvalue weighted by molar-refractivity contribution is 0.155. The van der Waals surface area contributed by atoms with Gasteiger partial charge < -0.3 is 4.52 Å². The van der Waals surface area contributed by atoms with E-state index < -0.39 is 5.67 Å². The van der Waals surface area contributed by atoms with Crippen LogP contribution in [-0.4, -0.2) is 19.9 Å². The fourth-order valence-electron chi connectivity index (χ4n) is 2.23. The molecule has 0 radical (unpaired) electrons. The topological polar surface area (TPSA) is 56.7 Å². The van der Waals surface area contributed by atoms with Gasteiger partial charge in [-0.05, 0) is 19.4 Å². The average molecular weight is 324 g/mol. The number of hydrogen-bond donors (Lipinski definition) is 0. The first-order valence-corrected chi connectivity index (χ1v) is 7.53. The zero-order valence-electron chi connectivity index (χ0n) is 13.5. The zero-order valence-corrected chi connectivity index (χ0v) is 13.5. The van der Waals surface area contributed by atoms with E-state index in [0.717, 1.165) is 16.7 Å². The monoisotopic (exact) mass is 324 g/mol. The van der Waals surface area contributed by atoms with Crippen molar-refractivity contribution in [2.24, 2.45) is 0 Å². The number of terminal acetylenes is 1. The van der Waals surface area contributed by atoms with Gasteiger partial charge in [0, 0.05) is 23.7 Å². The van der Waals surface area contributed by atoms with Crippen LogP contribution in [0.5, 0.6) is 0 Å². The van der Waals surface area contributed by atoms with E-state index in [1.54, 1.807) is 6.20 Å². The van der Waals surface area contributed by atoms with E-state index in [1.807, 2.05) is 35.1 Å². The van der Waals surface area contributed by atoms with Crippen LogP contribution in [0.4, 0.5) is 4.39 Å². The molecule has 0 saturated carbocycles. The van der Waals surface area contributed by atoms with E-state index >= 15 is 0 Å². The number of alkyl halides is 1. The van der Waals surface area contributed by atoms with Gasteiger partial charge in [0.25, 0.3) is 5.89 Å². The molecular formula is C18H17FN4O. The Morgan fingerprint density at radius 1 is 1.25 bits per heavy atom. The summed E-state index contributed by atoms with van der Waals surface area (Å²) in [6.45, 7) is 3.40. The van der Waals surface area contributed by atoms with Crippen LogP contribution in [-0.2, 0) is 18.6 Å². The van der Waals surface area contributed by atoms with Crippen molar-refractivity contribution in [3.05, 3.63) is 53.7 Å². The first-order chi connectivity index (χ1) is 11.5. The van der Waals surface area contributed by atoms with Crippen molar-refractivity contribution in [2.45, 2.75) is 32.5 Å². The van der Waals surface area contributed by atoms with Crippen LogP contribution in [0.2, 0.25) is 0 Å². The summed E-state index contributed by atoms with van der Waals surface area (Å²) in [4.78, 5) is 4.10. The molecule has 2 heterocycles. The first kappa shape index (κ1) is 15.9. The second kappa shape index (κ2) is 6.28. The predicted octanol–water partition coefficient (Wildman–Crippen LogP) is 3.36. The Labute approximate surface area is 139 Å². The Bertz CT molecular complexity index is 866. The van der Waals surface area contributed by atoms with Gasteiger partial charge in [-0.1, -0.05) is 29.4 Å². The molecule has 0 fully saturated rings. The molecule has 0 N–H and O–H groups in total. The van der Waals surface area contributed by atoms with E-state index in [2.05, 4.69) is 21.2 Å². The number of rotatable bonds is 5. The quantitative estimate of drug-likeness (QED) is 0.675. The first-order valence-electron chi connectivity index (χ1n) is 7.53. The maximum atomic E-state index is 13.8. The van der Waals surface area contributed by atoms with Gasteiger partial charge in [-0.2, -0.15) is 10.1 Å². The minimum atomic E-state index is -1.65. The lowest BCUT2D eigenvalue weighted by Crippen LogP contribution is -2.09. The highest BCUT2D eigenvalue weighted by molar-refractivity contribution is 5.54. The smallest absolute Gasteiger partial charge is 0.264 e. The molecule has 0 aliphatic heterocycles. The highest BCUT2D eigenvalue weighted by atomic mass is 19.1. The fraction of sp³-hybridized carbons (Fsp3) is 0.278. The van der Waals surface area contributed by atoms with Gasteiger partial charge in [-0.3, -0.25) is 4.68 Å². The zero-order chi connectivity index (χ0) is 17.2. The van der Waals surface area contributed by atoms with Crippen molar-refractivity contribution in [3.8, 4) is 23.7 Å². The third-order valence-corrected chi connectivity index (χ3v) is 3.48. The van der Waals surface area contributed by atoms with Gasteiger partial charge in [-0.25, -0.2) is 4.39 Å². The van der Waals surface area contributed by atoms with Crippen molar-refractivity contribution in [1.82, 2.24) is 19.9 Å². The highest BCUT2D eigenvalue weighted by Crippen LogP contribution is 2.25. The third-order valence-electron chi connectivity index (χ3n) is 3.48. The van der Waals surface area contributed by atoms with Crippen molar-refractivity contribution in [2.75, 3.05) is 0 Å². The Morgan fingerprint density at radius 3 is 2.62 bits per heavy atom. The van der Waals surface area contributed by atoms with E-state index in [0.29, 0.717) is 18.8 Å². The minimum Gasteiger partial charge on any atom is -0.335 e. The maximum Gasteiger partial charge on any atom is 0.264 e. The normalized spacial score (nSPS) is 11.4. The summed E-state index contributed by atoms with van der Waals surface area (Å²) in [5, 5.41) is 8.11. The van der Waals surface area contributed by atoms with Crippen LogP contribution in [0.1, 0.15) is 30.9 Å². The minimum absolute atomic E-state index is 0.0286. The molecule has 0 amide bonds. The molecule has 0 spiro atoms. The van der Waals surface area contributed by atoms with Gasteiger partial charge >= 0.3 is 0 Å². The molecule has 2 aromatic heterocycles. The second-order valence-corrected chi connectivity index (χ2v) is 6.02. The number of aromatic nitrogens is 4. The lowest BCUT2D eigenvalue weighted by atomic mass is 10.1. The molecule has 122 valence electrons. The Balaban J connectivity index is 1.73. The summed E-state index contributed by atoms with van der Waals surface area (Å²) in [6, 6.07) is 7.66. The van der Waals surface area contributed by atoms with Gasteiger partial charge in [0.1, 0.15) is 0 Å². The lowest BCUT2D eigenvalue weighted by Gasteiger charge is -2.05. The summed E-state index contributed by atoms with van der Waals surface area (Å²) < 4.78 is 20.6. The molecule has 24 heavy (non-hydrogen) atoms. The summed E-state index contributed by atoms with van der Waals surface area (Å²) in [6.07, 6.45) is 9.57. The fourth-order valence-corrected chi connectivity index (χ4v) is 2.23. The molecule has 0 unspecified atom stereocenters. The van der Waals surface area contributed by atoms with Crippen LogP contribution in [0.3, 0.4) is 0 Å². The largest absolute Gasteiger partial charge is 0.335 e. The van der Waals surface area contributed by atoms with Crippen LogP contribution in [0.25, 0.3) is 11.4 Å². The van der Waals surface area contributed by atoms with E-state index in [-0.39, 0.29) is 5.89 Å². The summed E-state index contributed by atoms with van der Waals surface area (Å²) in [7, 11) is 0. The van der Waals surface area contributed by atoms with Crippen LogP contribution < -0.4 is 0 Å². The predicted molar refractivity (Wildman–Crippen MR) is 87.7 cm³/mol. The van der Waals surface area contributed by atoms with Gasteiger partial charge in [0.15, 0.2) is 5.67 Å². The molecule has 0 atom stereocenters. The molecule has 1 aromatic carbocycles. The number of nitrogens with zero attached hydrogens (tertiary/aromatic N) is 4. The summed E-state index contributed by atoms with van der Waals surface area (Å²) in [5.41, 5.74) is 1.21. The Hall–Kier alpha value is -2.94. The van der Waals surface area contributed by atoms with Crippen molar-refractivity contribution in [3.63, 3.8) is 0 Å². The van der Waals surface area contributed by atoms with Gasteiger partial charge in [0.2, 0.25) is 5.82 Å². The van der Waals surface area contributed by atoms with E-state index in [9.17, 15) is 4.39 Å². The molecule has 0 aliphatic carbocycles. The molecule has 0 bridgehead atoms. The molecule has 6 heteroatoms. The molecule has 0 aliphatic rings. The summed E-state index contributed by atoms with van der Waals surface area (Å²) >= 11 is 0. The van der Waals surface area contributed by atoms with E-state index in [1.165, 1.54) is 13.8 Å². The molecule has 3 rings (SSSR count). The number of benzene rings is 1. The van der Waals surface area contributed by atoms with Crippen LogP contribution in [0.15, 0.2) is 41.2 Å². The summed E-state index contributed by atoms with van der Waals surface area (Å²) in [5.74, 6) is 2.94. The second-order valence-electron chi connectivity index (χ2n) is 6.02. The molecule has 5 nitrogen and oxygen atoms in total. The van der Waals surface area contributed by atoms with Crippen molar-refractivity contribution >= 4 is 0 Å². The molecule has 3 aromatic rings. The van der Waals surface area contributed by atoms with Crippen LogP contribution in [0, 0.1) is 12.3 Å².